The van der Waals surface area contributed by atoms with Gasteiger partial charge in [0.05, 0.1) is 10.9 Å². The van der Waals surface area contributed by atoms with Crippen LogP contribution in [0.25, 0.3) is 0 Å². The molecule has 1 atom stereocenters. The number of hydrogen-bond acceptors (Lipinski definition) is 5. The molecule has 7 heteroatoms. The van der Waals surface area contributed by atoms with Crippen molar-refractivity contribution >= 4 is 21.4 Å². The van der Waals surface area contributed by atoms with Gasteiger partial charge in [-0.3, -0.25) is 4.98 Å². The maximum Gasteiger partial charge on any atom is 0.239 e. The van der Waals surface area contributed by atoms with Crippen molar-refractivity contribution in [2.24, 2.45) is 5.73 Å². The van der Waals surface area contributed by atoms with Gasteiger partial charge in [-0.1, -0.05) is 11.6 Å². The highest BCUT2D eigenvalue weighted by atomic mass is 35.5. The highest BCUT2D eigenvalue weighted by molar-refractivity contribution is 7.91. The minimum Gasteiger partial charge on any atom is -0.448 e. The molecule has 0 amide bonds. The van der Waals surface area contributed by atoms with Crippen LogP contribution in [0.3, 0.4) is 0 Å². The second kappa shape index (κ2) is 6.76. The van der Waals surface area contributed by atoms with Crippen LogP contribution < -0.4 is 5.73 Å². The third-order valence-corrected chi connectivity index (χ3v) is 5.46. The molecule has 3 rings (SSSR count). The largest absolute Gasteiger partial charge is 0.448 e. The Hall–Kier alpha value is -2.15. The lowest BCUT2D eigenvalue weighted by Crippen LogP contribution is -2.12. The van der Waals surface area contributed by atoms with Gasteiger partial charge in [0.15, 0.2) is 0 Å². The van der Waals surface area contributed by atoms with E-state index in [1.165, 1.54) is 30.3 Å². The van der Waals surface area contributed by atoms with Gasteiger partial charge in [-0.2, -0.15) is 0 Å². The van der Waals surface area contributed by atoms with Crippen molar-refractivity contribution < 1.29 is 12.8 Å². The zero-order valence-electron chi connectivity index (χ0n) is 12.6. The number of rotatable bonds is 5. The molecule has 24 heavy (non-hydrogen) atoms. The van der Waals surface area contributed by atoms with Crippen LogP contribution in [-0.4, -0.2) is 13.4 Å². The average Bonchev–Trinajstić information content (AvgIpc) is 3.07. The van der Waals surface area contributed by atoms with E-state index in [0.29, 0.717) is 17.2 Å². The van der Waals surface area contributed by atoms with Gasteiger partial charge in [0.25, 0.3) is 0 Å². The number of pyridine rings is 1. The van der Waals surface area contributed by atoms with Crippen molar-refractivity contribution in [1.29, 1.82) is 0 Å². The highest BCUT2D eigenvalue weighted by Gasteiger charge is 2.23. The fourth-order valence-electron chi connectivity index (χ4n) is 2.28. The monoisotopic (exact) mass is 362 g/mol. The Morgan fingerprint density at radius 3 is 2.38 bits per heavy atom. The number of sulfone groups is 1. The molecule has 0 aliphatic rings. The van der Waals surface area contributed by atoms with E-state index in [1.807, 2.05) is 12.1 Å². The van der Waals surface area contributed by atoms with E-state index in [-0.39, 0.29) is 9.99 Å². The molecule has 0 aliphatic heterocycles. The van der Waals surface area contributed by atoms with Crippen LogP contribution in [0, 0.1) is 0 Å². The smallest absolute Gasteiger partial charge is 0.239 e. The Kier molecular flexibility index (Phi) is 4.71. The molecule has 0 aliphatic carbocycles. The topological polar surface area (TPSA) is 86.2 Å². The molecule has 0 saturated carbocycles. The summed E-state index contributed by atoms with van der Waals surface area (Å²) in [6, 6.07) is 12.2. The van der Waals surface area contributed by atoms with Gasteiger partial charge in [0.1, 0.15) is 5.76 Å². The minimum absolute atomic E-state index is 0.121. The third kappa shape index (κ3) is 3.51. The number of aromatic nitrogens is 1. The van der Waals surface area contributed by atoms with Crippen molar-refractivity contribution in [2.75, 3.05) is 0 Å². The van der Waals surface area contributed by atoms with Crippen molar-refractivity contribution in [3.63, 3.8) is 0 Å². The first kappa shape index (κ1) is 16.7. The molecule has 1 aromatic carbocycles. The summed E-state index contributed by atoms with van der Waals surface area (Å²) in [5.41, 5.74) is 7.11. The van der Waals surface area contributed by atoms with Crippen LogP contribution in [-0.2, 0) is 16.3 Å². The second-order valence-corrected chi connectivity index (χ2v) is 7.60. The summed E-state index contributed by atoms with van der Waals surface area (Å²) in [6.45, 7) is 0. The number of furan rings is 1. The van der Waals surface area contributed by atoms with E-state index in [0.717, 1.165) is 5.56 Å². The summed E-state index contributed by atoms with van der Waals surface area (Å²) in [4.78, 5) is 4.07. The normalized spacial score (nSPS) is 12.9. The zero-order chi connectivity index (χ0) is 17.2. The van der Waals surface area contributed by atoms with Crippen LogP contribution in [0.4, 0.5) is 0 Å². The van der Waals surface area contributed by atoms with Gasteiger partial charge in [-0.25, -0.2) is 8.42 Å². The van der Waals surface area contributed by atoms with Crippen molar-refractivity contribution in [2.45, 2.75) is 22.5 Å². The molecule has 124 valence electrons. The van der Waals surface area contributed by atoms with Crippen LogP contribution in [0.2, 0.25) is 5.02 Å². The van der Waals surface area contributed by atoms with Crippen molar-refractivity contribution in [3.8, 4) is 0 Å². The summed E-state index contributed by atoms with van der Waals surface area (Å²) >= 11 is 5.79. The minimum atomic E-state index is -3.73. The van der Waals surface area contributed by atoms with Crippen LogP contribution in [0.1, 0.15) is 17.4 Å². The van der Waals surface area contributed by atoms with Gasteiger partial charge >= 0.3 is 0 Å². The molecule has 0 bridgehead atoms. The Balaban J connectivity index is 1.83. The molecule has 0 fully saturated rings. The third-order valence-electron chi connectivity index (χ3n) is 3.56. The Labute approximate surface area is 145 Å². The fourth-order valence-corrected chi connectivity index (χ4v) is 3.59. The number of halogens is 1. The molecule has 2 N–H and O–H groups in total. The van der Waals surface area contributed by atoms with Gasteiger partial charge < -0.3 is 10.2 Å². The number of benzene rings is 1. The van der Waals surface area contributed by atoms with Gasteiger partial charge in [-0.05, 0) is 60.5 Å². The van der Waals surface area contributed by atoms with Crippen LogP contribution in [0.15, 0.2) is 75.3 Å². The SMILES string of the molecule is N[C@H](Cc1ccncc1)c1ccc(S(=O)(=O)c2ccc(Cl)cc2)o1. The summed E-state index contributed by atoms with van der Waals surface area (Å²) < 4.78 is 30.6. The maximum absolute atomic E-state index is 12.6. The van der Waals surface area contributed by atoms with E-state index in [4.69, 9.17) is 21.8 Å². The molecule has 5 nitrogen and oxygen atoms in total. The van der Waals surface area contributed by atoms with Gasteiger partial charge in [-0.15, -0.1) is 0 Å². The van der Waals surface area contributed by atoms with Crippen molar-refractivity contribution in [1.82, 2.24) is 4.98 Å². The molecule has 2 heterocycles. The number of nitrogens with zero attached hydrogens (tertiary/aromatic N) is 1. The maximum atomic E-state index is 12.6. The number of hydrogen-bond donors (Lipinski definition) is 1. The van der Waals surface area contributed by atoms with E-state index in [9.17, 15) is 8.42 Å². The standard InChI is InChI=1S/C17H15ClN2O3S/c18-13-1-3-14(4-2-13)24(21,22)17-6-5-16(23-17)15(19)11-12-7-9-20-10-8-12/h1-10,15H,11,19H2/t15-/m1/s1. The van der Waals surface area contributed by atoms with E-state index in [2.05, 4.69) is 4.98 Å². The van der Waals surface area contributed by atoms with Gasteiger partial charge in [0.2, 0.25) is 14.9 Å². The highest BCUT2D eigenvalue weighted by Crippen LogP contribution is 2.26. The summed E-state index contributed by atoms with van der Waals surface area (Å²) in [5, 5.41) is 0.332. The molecule has 2 aromatic heterocycles. The van der Waals surface area contributed by atoms with Crippen molar-refractivity contribution in [3.05, 3.63) is 77.3 Å². The fraction of sp³-hybridized carbons (Fsp3) is 0.118. The quantitative estimate of drug-likeness (QED) is 0.751. The lowest BCUT2D eigenvalue weighted by Gasteiger charge is -2.08. The summed E-state index contributed by atoms with van der Waals surface area (Å²) in [5.74, 6) is 0.416. The molecule has 3 aromatic rings. The van der Waals surface area contributed by atoms with Crippen LogP contribution in [0.5, 0.6) is 0 Å². The Morgan fingerprint density at radius 2 is 1.71 bits per heavy atom. The first-order valence-corrected chi connectivity index (χ1v) is 9.08. The lowest BCUT2D eigenvalue weighted by molar-refractivity contribution is 0.389. The first-order valence-electron chi connectivity index (χ1n) is 7.22. The zero-order valence-corrected chi connectivity index (χ0v) is 14.2. The Morgan fingerprint density at radius 1 is 1.04 bits per heavy atom. The molecule has 0 spiro atoms. The predicted octanol–water partition coefficient (Wildman–Crippen LogP) is 3.40. The molecular weight excluding hydrogens is 348 g/mol. The van der Waals surface area contributed by atoms with Crippen LogP contribution >= 0.6 is 11.6 Å². The van der Waals surface area contributed by atoms with E-state index < -0.39 is 15.9 Å². The molecule has 0 unspecified atom stereocenters. The summed E-state index contributed by atoms with van der Waals surface area (Å²) in [6.07, 6.45) is 3.89. The lowest BCUT2D eigenvalue weighted by atomic mass is 10.1. The second-order valence-electron chi connectivity index (χ2n) is 5.28. The van der Waals surface area contributed by atoms with Gasteiger partial charge in [0, 0.05) is 17.4 Å². The van der Waals surface area contributed by atoms with E-state index in [1.54, 1.807) is 18.5 Å². The molecule has 0 radical (unpaired) electrons. The Bertz CT molecular complexity index is 922. The predicted molar refractivity (Wildman–Crippen MR) is 90.5 cm³/mol. The summed E-state index contributed by atoms with van der Waals surface area (Å²) in [7, 11) is -3.73. The average molecular weight is 363 g/mol. The first-order chi connectivity index (χ1) is 11.5. The molecular formula is C17H15ClN2O3S. The molecule has 0 saturated heterocycles. The van der Waals surface area contributed by atoms with E-state index >= 15 is 0 Å². The number of nitrogens with two attached hydrogens (primary N) is 1.